The van der Waals surface area contributed by atoms with Crippen molar-refractivity contribution in [1.82, 2.24) is 5.32 Å². The van der Waals surface area contributed by atoms with Crippen molar-refractivity contribution in [1.29, 1.82) is 0 Å². The lowest BCUT2D eigenvalue weighted by molar-refractivity contribution is -0.122. The molecule has 0 aromatic rings. The van der Waals surface area contributed by atoms with Crippen LogP contribution < -0.4 is 22.5 Å². The van der Waals surface area contributed by atoms with E-state index in [4.69, 9.17) is 17.2 Å². The van der Waals surface area contributed by atoms with E-state index in [-0.39, 0.29) is 11.9 Å². The number of guanidine groups is 1. The second-order valence-corrected chi connectivity index (χ2v) is 3.02. The number of nitrogens with two attached hydrogens (primary N) is 3. The average molecular weight is 201 g/mol. The zero-order chi connectivity index (χ0) is 11.0. The van der Waals surface area contributed by atoms with Gasteiger partial charge in [-0.3, -0.25) is 9.79 Å². The maximum Gasteiger partial charge on any atom is 0.236 e. The lowest BCUT2D eigenvalue weighted by Gasteiger charge is -2.08. The first-order valence-electron chi connectivity index (χ1n) is 4.60. The van der Waals surface area contributed by atoms with Crippen molar-refractivity contribution in [2.75, 3.05) is 13.6 Å². The van der Waals surface area contributed by atoms with E-state index in [1.807, 2.05) is 0 Å². The van der Waals surface area contributed by atoms with Gasteiger partial charge in [0.2, 0.25) is 5.91 Å². The number of hydrogen-bond donors (Lipinski definition) is 4. The van der Waals surface area contributed by atoms with Gasteiger partial charge >= 0.3 is 0 Å². The minimum atomic E-state index is -0.431. The Morgan fingerprint density at radius 2 is 2.07 bits per heavy atom. The van der Waals surface area contributed by atoms with Crippen LogP contribution in [0, 0.1) is 0 Å². The van der Waals surface area contributed by atoms with Gasteiger partial charge in [0.05, 0.1) is 6.04 Å². The van der Waals surface area contributed by atoms with Crippen molar-refractivity contribution in [2.24, 2.45) is 22.2 Å². The molecule has 0 saturated heterocycles. The zero-order valence-corrected chi connectivity index (χ0v) is 8.49. The normalized spacial score (nSPS) is 11.9. The highest BCUT2D eigenvalue weighted by Gasteiger charge is 2.09. The lowest BCUT2D eigenvalue weighted by Crippen LogP contribution is -2.38. The Bertz CT molecular complexity index is 200. The maximum atomic E-state index is 11.0. The molecule has 82 valence electrons. The summed E-state index contributed by atoms with van der Waals surface area (Å²) >= 11 is 0. The molecule has 0 aliphatic rings. The van der Waals surface area contributed by atoms with E-state index in [1.165, 1.54) is 0 Å². The molecule has 0 aromatic heterocycles. The fraction of sp³-hybridized carbons (Fsp3) is 0.750. The molecular weight excluding hydrogens is 182 g/mol. The molecule has 0 unspecified atom stereocenters. The molecule has 0 spiro atoms. The number of nitrogens with zero attached hydrogens (tertiary/aromatic N) is 1. The number of hydrogen-bond acceptors (Lipinski definition) is 3. The monoisotopic (exact) mass is 201 g/mol. The summed E-state index contributed by atoms with van der Waals surface area (Å²) in [7, 11) is 1.57. The van der Waals surface area contributed by atoms with E-state index in [2.05, 4.69) is 10.3 Å². The number of unbranched alkanes of at least 4 members (excludes halogenated alkanes) is 1. The van der Waals surface area contributed by atoms with Crippen molar-refractivity contribution in [3.05, 3.63) is 0 Å². The first-order valence-corrected chi connectivity index (χ1v) is 4.60. The van der Waals surface area contributed by atoms with E-state index in [9.17, 15) is 4.79 Å². The smallest absolute Gasteiger partial charge is 0.236 e. The van der Waals surface area contributed by atoms with Gasteiger partial charge in [0.25, 0.3) is 0 Å². The minimum Gasteiger partial charge on any atom is -0.370 e. The van der Waals surface area contributed by atoms with Crippen molar-refractivity contribution in [3.63, 3.8) is 0 Å². The van der Waals surface area contributed by atoms with E-state index in [0.717, 1.165) is 12.8 Å². The molecule has 0 aliphatic heterocycles. The van der Waals surface area contributed by atoms with Crippen LogP contribution in [0.1, 0.15) is 19.3 Å². The molecular formula is C8H19N5O. The Morgan fingerprint density at radius 3 is 2.57 bits per heavy atom. The highest BCUT2D eigenvalue weighted by molar-refractivity contribution is 5.81. The third kappa shape index (κ3) is 6.24. The molecule has 0 aliphatic carbocycles. The number of rotatable bonds is 6. The van der Waals surface area contributed by atoms with Gasteiger partial charge in [-0.05, 0) is 19.3 Å². The van der Waals surface area contributed by atoms with Crippen LogP contribution in [0.15, 0.2) is 4.99 Å². The molecule has 0 heterocycles. The molecule has 0 bridgehead atoms. The summed E-state index contributed by atoms with van der Waals surface area (Å²) in [5.41, 5.74) is 15.9. The highest BCUT2D eigenvalue weighted by Crippen LogP contribution is 1.99. The number of carbonyl (C=O) groups is 1. The molecule has 6 heteroatoms. The summed E-state index contributed by atoms with van der Waals surface area (Å²) < 4.78 is 0. The van der Waals surface area contributed by atoms with Crippen molar-refractivity contribution >= 4 is 11.9 Å². The fourth-order valence-corrected chi connectivity index (χ4v) is 1.00. The van der Waals surface area contributed by atoms with E-state index in [1.54, 1.807) is 7.05 Å². The summed E-state index contributed by atoms with van der Waals surface area (Å²) in [5.74, 6) is -0.0348. The number of likely N-dealkylation sites (N-methyl/N-ethyl adjacent to an activating group) is 1. The van der Waals surface area contributed by atoms with Gasteiger partial charge < -0.3 is 22.5 Å². The molecule has 1 atom stereocenters. The summed E-state index contributed by atoms with van der Waals surface area (Å²) in [6.45, 7) is 0.586. The Balaban J connectivity index is 3.45. The molecule has 7 N–H and O–H groups in total. The predicted molar refractivity (Wildman–Crippen MR) is 56.6 cm³/mol. The van der Waals surface area contributed by atoms with Gasteiger partial charge in [0.1, 0.15) is 0 Å². The van der Waals surface area contributed by atoms with Gasteiger partial charge in [0.15, 0.2) is 5.96 Å². The van der Waals surface area contributed by atoms with Crippen LogP contribution in [-0.4, -0.2) is 31.5 Å². The number of amides is 1. The van der Waals surface area contributed by atoms with Gasteiger partial charge in [-0.2, -0.15) is 0 Å². The van der Waals surface area contributed by atoms with Crippen LogP contribution in [0.25, 0.3) is 0 Å². The molecule has 6 nitrogen and oxygen atoms in total. The van der Waals surface area contributed by atoms with Gasteiger partial charge in [-0.25, -0.2) is 0 Å². The van der Waals surface area contributed by atoms with Crippen LogP contribution in [0.2, 0.25) is 0 Å². The third-order valence-electron chi connectivity index (χ3n) is 1.80. The largest absolute Gasteiger partial charge is 0.370 e. The molecule has 14 heavy (non-hydrogen) atoms. The Labute approximate surface area is 83.9 Å². The first kappa shape index (κ1) is 12.7. The summed E-state index contributed by atoms with van der Waals surface area (Å²) in [4.78, 5) is 14.8. The van der Waals surface area contributed by atoms with E-state index < -0.39 is 6.04 Å². The standard InChI is InChI=1S/C8H19N5O/c1-12-7(14)6(9)4-2-3-5-13-8(10)11/h6H,2-5,9H2,1H3,(H,12,14)(H4,10,11,13)/t6-/m0/s1. The zero-order valence-electron chi connectivity index (χ0n) is 8.49. The van der Waals surface area contributed by atoms with Crippen molar-refractivity contribution in [3.8, 4) is 0 Å². The summed E-state index contributed by atoms with van der Waals surface area (Å²) in [6.07, 6.45) is 2.33. The molecule has 0 aromatic carbocycles. The van der Waals surface area contributed by atoms with Gasteiger partial charge in [-0.15, -0.1) is 0 Å². The van der Waals surface area contributed by atoms with Crippen molar-refractivity contribution < 1.29 is 4.79 Å². The Hall–Kier alpha value is -1.30. The van der Waals surface area contributed by atoms with Crippen LogP contribution in [0.4, 0.5) is 0 Å². The molecule has 0 saturated carbocycles. The van der Waals surface area contributed by atoms with E-state index >= 15 is 0 Å². The quantitative estimate of drug-likeness (QED) is 0.237. The predicted octanol–water partition coefficient (Wildman–Crippen LogP) is -1.50. The van der Waals surface area contributed by atoms with Crippen LogP contribution in [0.5, 0.6) is 0 Å². The Kier molecular flexibility index (Phi) is 6.47. The summed E-state index contributed by atoms with van der Waals surface area (Å²) in [5, 5.41) is 2.49. The van der Waals surface area contributed by atoms with Crippen LogP contribution >= 0.6 is 0 Å². The highest BCUT2D eigenvalue weighted by atomic mass is 16.2. The fourth-order valence-electron chi connectivity index (χ4n) is 1.00. The molecule has 0 fully saturated rings. The average Bonchev–Trinajstić information content (AvgIpc) is 2.15. The maximum absolute atomic E-state index is 11.0. The van der Waals surface area contributed by atoms with Crippen molar-refractivity contribution in [2.45, 2.75) is 25.3 Å². The van der Waals surface area contributed by atoms with Gasteiger partial charge in [0, 0.05) is 13.6 Å². The lowest BCUT2D eigenvalue weighted by atomic mass is 10.1. The molecule has 0 rings (SSSR count). The topological polar surface area (TPSA) is 120 Å². The number of carbonyl (C=O) groups excluding carboxylic acids is 1. The minimum absolute atomic E-state index is 0.0978. The molecule has 1 amide bonds. The number of aliphatic imine (C=N–C) groups is 1. The molecule has 0 radical (unpaired) electrons. The number of nitrogens with one attached hydrogen (secondary N) is 1. The SMILES string of the molecule is CNC(=O)[C@@H](N)CCCCN=C(N)N. The van der Waals surface area contributed by atoms with Crippen LogP contribution in [0.3, 0.4) is 0 Å². The second-order valence-electron chi connectivity index (χ2n) is 3.02. The van der Waals surface area contributed by atoms with E-state index in [0.29, 0.717) is 13.0 Å². The Morgan fingerprint density at radius 1 is 1.43 bits per heavy atom. The third-order valence-corrected chi connectivity index (χ3v) is 1.80. The second kappa shape index (κ2) is 7.14. The summed E-state index contributed by atoms with van der Waals surface area (Å²) in [6, 6.07) is -0.431. The van der Waals surface area contributed by atoms with Gasteiger partial charge in [-0.1, -0.05) is 0 Å². The van der Waals surface area contributed by atoms with Crippen LogP contribution in [-0.2, 0) is 4.79 Å². The first-order chi connectivity index (χ1) is 6.57.